The number of anilines is 1. The first kappa shape index (κ1) is 24.4. The molecule has 0 saturated carbocycles. The lowest BCUT2D eigenvalue weighted by atomic mass is 10.1. The fourth-order valence-electron chi connectivity index (χ4n) is 2.63. The van der Waals surface area contributed by atoms with Gasteiger partial charge in [0.25, 0.3) is 5.03 Å². The van der Waals surface area contributed by atoms with Gasteiger partial charge >= 0.3 is 6.18 Å². The standard InChI is InChI=1S/C19H12F7N3O3S/c1-7-3-5-9(6-4-7)29-17(18(31)32-28-29)33-8(2)16(30)27-15-13(22)11(20)10(19(24,25)26)12(21)14(15)23/h3-6,8H,1-2H3,(H-,27,28,30,31). The van der Waals surface area contributed by atoms with Crippen LogP contribution in [0.2, 0.25) is 0 Å². The molecule has 1 N–H and O–H groups in total. The number of rotatable bonds is 5. The lowest BCUT2D eigenvalue weighted by Crippen LogP contribution is -2.36. The molecule has 1 heterocycles. The molecular formula is C19H12F7N3O3S. The van der Waals surface area contributed by atoms with E-state index in [1.165, 1.54) is 12.2 Å². The molecule has 33 heavy (non-hydrogen) atoms. The number of nitrogens with one attached hydrogen (secondary N) is 1. The molecule has 2 aromatic carbocycles. The van der Waals surface area contributed by atoms with Gasteiger partial charge < -0.3 is 14.9 Å². The number of carbonyl (C=O) groups excluding carboxylic acids is 1. The van der Waals surface area contributed by atoms with E-state index in [-0.39, 0.29) is 5.03 Å². The Balaban J connectivity index is 1.88. The molecule has 3 aromatic rings. The van der Waals surface area contributed by atoms with Gasteiger partial charge in [-0.1, -0.05) is 17.7 Å². The first-order chi connectivity index (χ1) is 15.3. The van der Waals surface area contributed by atoms with Gasteiger partial charge in [-0.25, -0.2) is 17.6 Å². The Bertz CT molecular complexity index is 1180. The molecule has 0 aliphatic heterocycles. The summed E-state index contributed by atoms with van der Waals surface area (Å²) in [6.45, 7) is 2.97. The van der Waals surface area contributed by atoms with E-state index in [1.807, 2.05) is 6.92 Å². The highest BCUT2D eigenvalue weighted by Crippen LogP contribution is 2.38. The molecular weight excluding hydrogens is 483 g/mol. The highest BCUT2D eigenvalue weighted by molar-refractivity contribution is 8.00. The van der Waals surface area contributed by atoms with Crippen molar-refractivity contribution in [3.05, 3.63) is 58.7 Å². The number of thioether (sulfide) groups is 1. The van der Waals surface area contributed by atoms with E-state index in [0.29, 0.717) is 17.4 Å². The summed E-state index contributed by atoms with van der Waals surface area (Å²) in [7, 11) is 0. The van der Waals surface area contributed by atoms with Gasteiger partial charge in [-0.2, -0.15) is 13.2 Å². The monoisotopic (exact) mass is 495 g/mol. The zero-order valence-electron chi connectivity index (χ0n) is 16.6. The number of aryl methyl sites for hydroxylation is 1. The summed E-state index contributed by atoms with van der Waals surface area (Å²) in [5.74, 6) is -12.5. The van der Waals surface area contributed by atoms with Gasteiger partial charge in [-0.15, -0.1) is 0 Å². The Morgan fingerprint density at radius 2 is 1.64 bits per heavy atom. The van der Waals surface area contributed by atoms with Crippen molar-refractivity contribution in [1.82, 2.24) is 5.27 Å². The maximum absolute atomic E-state index is 14.0. The van der Waals surface area contributed by atoms with Crippen molar-refractivity contribution < 1.29 is 49.8 Å². The SMILES string of the molecule is Cc1ccc(-[n+]2noc([O-])c2SC(C)C(=O)Nc2c(F)c(F)c(C(F)(F)F)c(F)c2F)cc1. The van der Waals surface area contributed by atoms with Crippen LogP contribution in [0.4, 0.5) is 36.4 Å². The number of aromatic nitrogens is 2. The van der Waals surface area contributed by atoms with Crippen molar-refractivity contribution in [2.75, 3.05) is 5.32 Å². The third-order valence-electron chi connectivity index (χ3n) is 4.30. The maximum atomic E-state index is 14.0. The van der Waals surface area contributed by atoms with Gasteiger partial charge in [0, 0.05) is 12.1 Å². The minimum absolute atomic E-state index is 0.216. The van der Waals surface area contributed by atoms with Crippen LogP contribution in [0.15, 0.2) is 33.8 Å². The van der Waals surface area contributed by atoms with Crippen molar-refractivity contribution in [3.8, 4) is 11.6 Å². The predicted octanol–water partition coefficient (Wildman–Crippen LogP) is 4.03. The third-order valence-corrected chi connectivity index (χ3v) is 5.43. The fraction of sp³-hybridized carbons (Fsp3) is 0.211. The smallest absolute Gasteiger partial charge is 0.422 e. The molecule has 6 nitrogen and oxygen atoms in total. The summed E-state index contributed by atoms with van der Waals surface area (Å²) in [5.41, 5.74) is -3.23. The number of alkyl halides is 3. The van der Waals surface area contributed by atoms with Crippen LogP contribution in [0, 0.1) is 30.2 Å². The van der Waals surface area contributed by atoms with E-state index < -0.39 is 57.8 Å². The minimum atomic E-state index is -5.72. The molecule has 0 spiro atoms. The van der Waals surface area contributed by atoms with Crippen LogP contribution in [-0.4, -0.2) is 16.4 Å². The molecule has 1 unspecified atom stereocenters. The summed E-state index contributed by atoms with van der Waals surface area (Å²) in [4.78, 5) is 12.4. The summed E-state index contributed by atoms with van der Waals surface area (Å²) < 4.78 is 99.3. The molecule has 1 amide bonds. The van der Waals surface area contributed by atoms with Crippen LogP contribution in [0.5, 0.6) is 5.95 Å². The van der Waals surface area contributed by atoms with Crippen LogP contribution >= 0.6 is 11.8 Å². The molecule has 0 fully saturated rings. The van der Waals surface area contributed by atoms with Gasteiger partial charge in [0.2, 0.25) is 11.6 Å². The third kappa shape index (κ3) is 4.74. The maximum Gasteiger partial charge on any atom is 0.422 e. The number of nitrogens with zero attached hydrogens (tertiary/aromatic N) is 2. The fourth-order valence-corrected chi connectivity index (χ4v) is 3.50. The molecule has 1 atom stereocenters. The first-order valence-corrected chi connectivity index (χ1v) is 9.77. The molecule has 3 rings (SSSR count). The van der Waals surface area contributed by atoms with E-state index in [0.717, 1.165) is 10.2 Å². The molecule has 1 aromatic heterocycles. The van der Waals surface area contributed by atoms with Crippen LogP contribution in [0.3, 0.4) is 0 Å². The van der Waals surface area contributed by atoms with E-state index in [1.54, 1.807) is 24.3 Å². The van der Waals surface area contributed by atoms with Crippen molar-refractivity contribution in [2.45, 2.75) is 30.3 Å². The predicted molar refractivity (Wildman–Crippen MR) is 97.4 cm³/mol. The number of halogens is 7. The number of carbonyl (C=O) groups is 1. The Morgan fingerprint density at radius 3 is 2.15 bits per heavy atom. The van der Waals surface area contributed by atoms with Crippen molar-refractivity contribution >= 4 is 23.4 Å². The Morgan fingerprint density at radius 1 is 1.09 bits per heavy atom. The Labute approximate surface area is 185 Å². The summed E-state index contributed by atoms with van der Waals surface area (Å²) >= 11 is 0.527. The molecule has 0 bridgehead atoms. The van der Waals surface area contributed by atoms with E-state index >= 15 is 0 Å². The van der Waals surface area contributed by atoms with Crippen LogP contribution < -0.4 is 15.1 Å². The molecule has 0 saturated heterocycles. The second-order valence-electron chi connectivity index (χ2n) is 6.67. The summed E-state index contributed by atoms with van der Waals surface area (Å²) in [6, 6.07) is 6.58. The van der Waals surface area contributed by atoms with Crippen molar-refractivity contribution in [2.24, 2.45) is 0 Å². The topological polar surface area (TPSA) is 82.1 Å². The minimum Gasteiger partial charge on any atom is -0.538 e. The average Bonchev–Trinajstić information content (AvgIpc) is 3.09. The van der Waals surface area contributed by atoms with E-state index in [9.17, 15) is 40.6 Å². The van der Waals surface area contributed by atoms with Gasteiger partial charge in [-0.3, -0.25) is 4.79 Å². The number of benzene rings is 2. The van der Waals surface area contributed by atoms with Crippen LogP contribution in [-0.2, 0) is 11.0 Å². The zero-order chi connectivity index (χ0) is 24.7. The van der Waals surface area contributed by atoms with Crippen molar-refractivity contribution in [3.63, 3.8) is 0 Å². The number of hydrogen-bond donors (Lipinski definition) is 1. The lowest BCUT2D eigenvalue weighted by molar-refractivity contribution is -0.705. The summed E-state index contributed by atoms with van der Waals surface area (Å²) in [6.07, 6.45) is -5.72. The van der Waals surface area contributed by atoms with Gasteiger partial charge in [-0.05, 0) is 30.3 Å². The Hall–Kier alpha value is -3.29. The van der Waals surface area contributed by atoms with Crippen LogP contribution in [0.1, 0.15) is 18.1 Å². The lowest BCUT2D eigenvalue weighted by Gasteiger charge is -2.16. The van der Waals surface area contributed by atoms with Gasteiger partial charge in [0.05, 0.1) is 10.5 Å². The Kier molecular flexibility index (Phi) is 6.58. The molecule has 0 aliphatic rings. The first-order valence-electron chi connectivity index (χ1n) is 8.89. The quantitative estimate of drug-likeness (QED) is 0.250. The largest absolute Gasteiger partial charge is 0.538 e. The molecule has 176 valence electrons. The summed E-state index contributed by atoms with van der Waals surface area (Å²) in [5, 5.41) is 15.5. The normalized spacial score (nSPS) is 12.6. The van der Waals surface area contributed by atoms with E-state index in [2.05, 4.69) is 9.79 Å². The van der Waals surface area contributed by atoms with Crippen molar-refractivity contribution in [1.29, 1.82) is 0 Å². The molecule has 14 heteroatoms. The molecule has 0 aliphatic carbocycles. The highest BCUT2D eigenvalue weighted by Gasteiger charge is 2.42. The highest BCUT2D eigenvalue weighted by atomic mass is 32.2. The van der Waals surface area contributed by atoms with Gasteiger partial charge in [0.1, 0.15) is 11.3 Å². The molecule has 0 radical (unpaired) electrons. The zero-order valence-corrected chi connectivity index (χ0v) is 17.4. The second-order valence-corrected chi connectivity index (χ2v) is 8.00. The number of hydrogen-bond acceptors (Lipinski definition) is 5. The van der Waals surface area contributed by atoms with E-state index in [4.69, 9.17) is 0 Å². The van der Waals surface area contributed by atoms with Gasteiger partial charge in [0.15, 0.2) is 29.2 Å². The second kappa shape index (κ2) is 8.92. The number of amides is 1. The van der Waals surface area contributed by atoms with Crippen LogP contribution in [0.25, 0.3) is 5.69 Å². The average molecular weight is 495 g/mol.